The van der Waals surface area contributed by atoms with Gasteiger partial charge in [-0.25, -0.2) is 4.98 Å². The van der Waals surface area contributed by atoms with Gasteiger partial charge in [-0.3, -0.25) is 4.79 Å². The first kappa shape index (κ1) is 23.2. The van der Waals surface area contributed by atoms with Gasteiger partial charge in [0.1, 0.15) is 11.9 Å². The van der Waals surface area contributed by atoms with Crippen molar-refractivity contribution >= 4 is 16.8 Å². The topological polar surface area (TPSA) is 60.9 Å². The summed E-state index contributed by atoms with van der Waals surface area (Å²) in [7, 11) is 3.34. The molecule has 1 aliphatic rings. The Kier molecular flexibility index (Phi) is 7.57. The lowest BCUT2D eigenvalue weighted by molar-refractivity contribution is -0.141. The number of methoxy groups -OCH3 is 2. The summed E-state index contributed by atoms with van der Waals surface area (Å²) in [4.78, 5) is 20.3. The highest BCUT2D eigenvalue weighted by molar-refractivity contribution is 5.86. The van der Waals surface area contributed by atoms with Crippen LogP contribution in [-0.2, 0) is 20.8 Å². The molecule has 174 valence electrons. The van der Waals surface area contributed by atoms with Crippen LogP contribution in [0.25, 0.3) is 22.2 Å². The lowest BCUT2D eigenvalue weighted by Gasteiger charge is -2.26. The van der Waals surface area contributed by atoms with Crippen molar-refractivity contribution in [3.05, 3.63) is 59.7 Å². The van der Waals surface area contributed by atoms with Crippen LogP contribution < -0.4 is 4.74 Å². The average Bonchev–Trinajstić information content (AvgIpc) is 3.38. The fourth-order valence-electron chi connectivity index (χ4n) is 4.36. The molecule has 0 spiro atoms. The molecule has 33 heavy (non-hydrogen) atoms. The first-order valence-corrected chi connectivity index (χ1v) is 11.5. The Bertz CT molecular complexity index is 1110. The number of rotatable bonds is 9. The van der Waals surface area contributed by atoms with Crippen molar-refractivity contribution in [2.45, 2.75) is 38.8 Å². The zero-order valence-corrected chi connectivity index (χ0v) is 19.7. The van der Waals surface area contributed by atoms with Gasteiger partial charge in [-0.2, -0.15) is 0 Å². The monoisotopic (exact) mass is 448 g/mol. The zero-order chi connectivity index (χ0) is 23.2. The molecule has 2 aromatic carbocycles. The minimum absolute atomic E-state index is 0.0502. The molecule has 0 radical (unpaired) electrons. The number of hydrogen-bond acceptors (Lipinski definition) is 5. The van der Waals surface area contributed by atoms with Crippen molar-refractivity contribution in [1.82, 2.24) is 9.88 Å². The molecule has 1 unspecified atom stereocenters. The first-order valence-electron chi connectivity index (χ1n) is 11.5. The van der Waals surface area contributed by atoms with E-state index in [0.29, 0.717) is 26.3 Å². The van der Waals surface area contributed by atoms with Crippen molar-refractivity contribution in [3.63, 3.8) is 0 Å². The third kappa shape index (κ3) is 5.34. The van der Waals surface area contributed by atoms with Crippen LogP contribution >= 0.6 is 0 Å². The van der Waals surface area contributed by atoms with Gasteiger partial charge in [-0.05, 0) is 55.5 Å². The zero-order valence-electron chi connectivity index (χ0n) is 19.7. The number of amides is 1. The molecule has 1 fully saturated rings. The van der Waals surface area contributed by atoms with E-state index in [1.165, 1.54) is 0 Å². The van der Waals surface area contributed by atoms with Gasteiger partial charge in [-0.1, -0.05) is 24.3 Å². The Morgan fingerprint density at radius 2 is 2.03 bits per heavy atom. The highest BCUT2D eigenvalue weighted by Gasteiger charge is 2.29. The van der Waals surface area contributed by atoms with Crippen LogP contribution in [0.3, 0.4) is 0 Å². The second-order valence-electron chi connectivity index (χ2n) is 8.48. The number of nitrogens with zero attached hydrogens (tertiary/aromatic N) is 2. The molecular weight excluding hydrogens is 416 g/mol. The van der Waals surface area contributed by atoms with E-state index in [2.05, 4.69) is 25.1 Å². The van der Waals surface area contributed by atoms with Crippen molar-refractivity contribution in [3.8, 4) is 17.0 Å². The van der Waals surface area contributed by atoms with Crippen LogP contribution in [0.4, 0.5) is 0 Å². The van der Waals surface area contributed by atoms with Crippen molar-refractivity contribution in [2.24, 2.45) is 0 Å². The maximum atomic E-state index is 13.3. The quantitative estimate of drug-likeness (QED) is 0.442. The molecule has 0 N–H and O–H groups in total. The molecule has 1 saturated heterocycles. The number of pyridine rings is 1. The van der Waals surface area contributed by atoms with Gasteiger partial charge in [0.2, 0.25) is 0 Å². The van der Waals surface area contributed by atoms with Gasteiger partial charge < -0.3 is 19.1 Å². The van der Waals surface area contributed by atoms with E-state index >= 15 is 0 Å². The normalized spacial score (nSPS) is 15.7. The third-order valence-electron chi connectivity index (χ3n) is 6.16. The minimum atomic E-state index is -0.355. The number of aromatic nitrogens is 1. The van der Waals surface area contributed by atoms with Gasteiger partial charge in [-0.15, -0.1) is 0 Å². The number of carbonyl (C=O) groups is 1. The van der Waals surface area contributed by atoms with Crippen molar-refractivity contribution in [2.75, 3.05) is 34.0 Å². The average molecular weight is 449 g/mol. The first-order chi connectivity index (χ1) is 16.1. The number of carbonyl (C=O) groups excluding carboxylic acids is 1. The third-order valence-corrected chi connectivity index (χ3v) is 6.16. The Hall–Kier alpha value is -2.96. The fourth-order valence-corrected chi connectivity index (χ4v) is 4.36. The van der Waals surface area contributed by atoms with Gasteiger partial charge >= 0.3 is 0 Å². The van der Waals surface area contributed by atoms with E-state index in [9.17, 15) is 4.79 Å². The minimum Gasteiger partial charge on any atom is -0.497 e. The summed E-state index contributed by atoms with van der Waals surface area (Å²) in [6.07, 6.45) is 2.12. The molecule has 0 bridgehead atoms. The molecule has 1 atom stereocenters. The van der Waals surface area contributed by atoms with E-state index in [1.807, 2.05) is 35.2 Å². The predicted octanol–water partition coefficient (Wildman–Crippen LogP) is 4.76. The second kappa shape index (κ2) is 10.8. The maximum absolute atomic E-state index is 13.3. The molecule has 4 rings (SSSR count). The number of ether oxygens (including phenoxy) is 3. The van der Waals surface area contributed by atoms with E-state index in [1.54, 1.807) is 14.2 Å². The van der Waals surface area contributed by atoms with Crippen LogP contribution in [0.2, 0.25) is 0 Å². The summed E-state index contributed by atoms with van der Waals surface area (Å²) in [6.45, 7) is 4.43. The lowest BCUT2D eigenvalue weighted by Crippen LogP contribution is -2.39. The van der Waals surface area contributed by atoms with Crippen LogP contribution in [0.1, 0.15) is 30.4 Å². The van der Waals surface area contributed by atoms with E-state index in [-0.39, 0.29) is 12.0 Å². The molecule has 6 nitrogen and oxygen atoms in total. The molecule has 3 aromatic rings. The molecule has 0 saturated carbocycles. The maximum Gasteiger partial charge on any atom is 0.252 e. The standard InChI is InChI=1S/C27H32N2O4/c1-19-8-4-5-9-23(19)26-21(16-20-11-12-22(32-3)17-24(20)28-26)18-29(13-7-14-31-2)27(30)25-10-6-15-33-25/h4-5,8-9,11-12,16-17,25H,6-7,10,13-15,18H2,1-3H3. The molecule has 6 heteroatoms. The van der Waals surface area contributed by atoms with Crippen molar-refractivity contribution < 1.29 is 19.0 Å². The van der Waals surface area contributed by atoms with Gasteiger partial charge in [0.25, 0.3) is 5.91 Å². The number of aryl methyl sites for hydroxylation is 1. The molecule has 1 aromatic heterocycles. The van der Waals surface area contributed by atoms with E-state index < -0.39 is 0 Å². The Morgan fingerprint density at radius 1 is 1.18 bits per heavy atom. The van der Waals surface area contributed by atoms with Gasteiger partial charge in [0, 0.05) is 50.4 Å². The van der Waals surface area contributed by atoms with Crippen LogP contribution in [0.5, 0.6) is 5.75 Å². The van der Waals surface area contributed by atoms with Crippen molar-refractivity contribution in [1.29, 1.82) is 0 Å². The molecule has 1 aliphatic heterocycles. The number of fused-ring (bicyclic) bond motifs is 1. The van der Waals surface area contributed by atoms with E-state index in [4.69, 9.17) is 19.2 Å². The lowest BCUT2D eigenvalue weighted by atomic mass is 9.99. The summed E-state index contributed by atoms with van der Waals surface area (Å²) in [6, 6.07) is 16.3. The molecular formula is C27H32N2O4. The summed E-state index contributed by atoms with van der Waals surface area (Å²) >= 11 is 0. The summed E-state index contributed by atoms with van der Waals surface area (Å²) in [5, 5.41) is 1.02. The fraction of sp³-hybridized carbons (Fsp3) is 0.407. The molecule has 1 amide bonds. The highest BCUT2D eigenvalue weighted by atomic mass is 16.5. The summed E-state index contributed by atoms with van der Waals surface area (Å²) in [5.74, 6) is 0.822. The second-order valence-corrected chi connectivity index (χ2v) is 8.48. The Balaban J connectivity index is 1.76. The summed E-state index contributed by atoms with van der Waals surface area (Å²) in [5.41, 5.74) is 4.99. The molecule has 2 heterocycles. The number of hydrogen-bond donors (Lipinski definition) is 0. The van der Waals surface area contributed by atoms with Crippen LogP contribution in [0.15, 0.2) is 48.5 Å². The van der Waals surface area contributed by atoms with E-state index in [0.717, 1.165) is 58.3 Å². The van der Waals surface area contributed by atoms with Crippen LogP contribution in [-0.4, -0.2) is 55.9 Å². The Labute approximate surface area is 195 Å². The summed E-state index contributed by atoms with van der Waals surface area (Å²) < 4.78 is 16.4. The number of benzene rings is 2. The van der Waals surface area contributed by atoms with Crippen LogP contribution in [0, 0.1) is 6.92 Å². The largest absolute Gasteiger partial charge is 0.497 e. The van der Waals surface area contributed by atoms with Gasteiger partial charge in [0.15, 0.2) is 0 Å². The SMILES string of the molecule is COCCCN(Cc1cc2ccc(OC)cc2nc1-c1ccccc1C)C(=O)C1CCCO1. The highest BCUT2D eigenvalue weighted by Crippen LogP contribution is 2.31. The Morgan fingerprint density at radius 3 is 2.76 bits per heavy atom. The van der Waals surface area contributed by atoms with Gasteiger partial charge in [0.05, 0.1) is 18.3 Å². The smallest absolute Gasteiger partial charge is 0.252 e. The molecule has 0 aliphatic carbocycles. The predicted molar refractivity (Wildman–Crippen MR) is 129 cm³/mol.